The molecule has 0 amide bonds. The minimum absolute atomic E-state index is 0.343. The van der Waals surface area contributed by atoms with E-state index in [-0.39, 0.29) is 0 Å². The van der Waals surface area contributed by atoms with Gasteiger partial charge in [0.1, 0.15) is 0 Å². The minimum Gasteiger partial charge on any atom is -0.301 e. The lowest BCUT2D eigenvalue weighted by molar-refractivity contribution is 0.127. The average molecular weight is 1390 g/mol. The van der Waals surface area contributed by atoms with Gasteiger partial charge in [0.05, 0.1) is 0 Å². The fourth-order valence-corrected chi connectivity index (χ4v) is 16.6. The first kappa shape index (κ1) is 82.7. The standard InChI is InChI=1S/C35H54N2.C33H50N2.C28H44N2/c1-34(2,3)24-30-7-11-32(12-8-30)26-36-19-15-28(16-20-36)23-29-17-21-37(22-18-29)27-33-13-9-31(10-14-33)25-35(4,5)6;1-32(2,3)20-26-7-11-28(12-8-26)22-34-17-15-30(24-34)19-31-16-18-35(25-31)23-29-13-9-27(10-14-29)21-33(4,5)6;1-27(2,3)19-23-9-13-25(14-10-23)21-29(7)17-18-30(8)22-26-15-11-24(12-16-26)20-28(4,5)6/h7-14,28-29H,15-27H2,1-6H3;7-14,30-31H,15-25H2,1-6H3;9-16H,17-22H2,1-8H3. The van der Waals surface area contributed by atoms with Crippen LogP contribution >= 0.6 is 0 Å². The van der Waals surface area contributed by atoms with Crippen LogP contribution in [-0.2, 0) is 77.8 Å². The molecule has 6 heteroatoms. The summed E-state index contributed by atoms with van der Waals surface area (Å²) in [4.78, 5) is 15.6. The monoisotopic (exact) mass is 1390 g/mol. The van der Waals surface area contributed by atoms with Gasteiger partial charge in [-0.05, 0) is 266 Å². The van der Waals surface area contributed by atoms with E-state index in [9.17, 15) is 0 Å². The van der Waals surface area contributed by atoms with E-state index in [4.69, 9.17) is 0 Å². The van der Waals surface area contributed by atoms with Gasteiger partial charge in [-0.1, -0.05) is 270 Å². The normalized spacial score (nSPS) is 18.4. The number of hydrogen-bond acceptors (Lipinski definition) is 6. The number of rotatable bonds is 25. The lowest BCUT2D eigenvalue weighted by atomic mass is 9.82. The minimum atomic E-state index is 0.343. The van der Waals surface area contributed by atoms with E-state index in [0.29, 0.717) is 32.5 Å². The molecule has 4 heterocycles. The lowest BCUT2D eigenvalue weighted by Crippen LogP contribution is -2.36. The molecular formula is C96H148N6. The quantitative estimate of drug-likeness (QED) is 0.0565. The highest BCUT2D eigenvalue weighted by molar-refractivity contribution is 5.28. The number of benzene rings is 6. The maximum atomic E-state index is 2.69. The van der Waals surface area contributed by atoms with Crippen LogP contribution < -0.4 is 0 Å². The number of likely N-dealkylation sites (tertiary alicyclic amines) is 4. The van der Waals surface area contributed by atoms with Crippen molar-refractivity contribution in [2.24, 2.45) is 56.2 Å². The fraction of sp³-hybridized carbons (Fsp3) is 0.625. The van der Waals surface area contributed by atoms with Crippen molar-refractivity contribution in [3.05, 3.63) is 212 Å². The maximum Gasteiger partial charge on any atom is 0.0233 e. The molecule has 0 spiro atoms. The van der Waals surface area contributed by atoms with E-state index in [1.165, 1.54) is 170 Å². The van der Waals surface area contributed by atoms with Crippen molar-refractivity contribution < 1.29 is 0 Å². The fourth-order valence-electron chi connectivity index (χ4n) is 16.6. The number of likely N-dealkylation sites (N-methyl/N-ethyl adjacent to an activating group) is 2. The molecular weight excluding hydrogens is 1240 g/mol. The summed E-state index contributed by atoms with van der Waals surface area (Å²) in [5.74, 6) is 3.66. The summed E-state index contributed by atoms with van der Waals surface area (Å²) in [6, 6.07) is 56.0. The van der Waals surface area contributed by atoms with Crippen LogP contribution in [0.5, 0.6) is 0 Å². The summed E-state index contributed by atoms with van der Waals surface area (Å²) in [5.41, 5.74) is 19.6. The van der Waals surface area contributed by atoms with Gasteiger partial charge in [0.2, 0.25) is 0 Å². The lowest BCUT2D eigenvalue weighted by Gasteiger charge is -2.37. The molecule has 0 N–H and O–H groups in total. The molecule has 0 bridgehead atoms. The molecule has 10 rings (SSSR count). The van der Waals surface area contributed by atoms with Crippen molar-refractivity contribution in [2.75, 3.05) is 79.5 Å². The molecule has 4 fully saturated rings. The van der Waals surface area contributed by atoms with Crippen LogP contribution in [0, 0.1) is 56.2 Å². The van der Waals surface area contributed by atoms with Crippen molar-refractivity contribution in [1.29, 1.82) is 0 Å². The first-order valence-electron chi connectivity index (χ1n) is 40.6. The Balaban J connectivity index is 0.000000195. The molecule has 4 aliphatic rings. The van der Waals surface area contributed by atoms with Crippen molar-refractivity contribution in [3.63, 3.8) is 0 Å². The predicted molar refractivity (Wildman–Crippen MR) is 442 cm³/mol. The van der Waals surface area contributed by atoms with Gasteiger partial charge in [0.15, 0.2) is 0 Å². The predicted octanol–water partition coefficient (Wildman–Crippen LogP) is 22.4. The van der Waals surface area contributed by atoms with Crippen LogP contribution in [0.1, 0.15) is 243 Å². The summed E-state index contributed by atoms with van der Waals surface area (Å²) in [5, 5.41) is 0. The summed E-state index contributed by atoms with van der Waals surface area (Å²) >= 11 is 0. The SMILES string of the molecule is CC(C)(C)Cc1ccc(CN2CCC(CC3CCN(Cc4ccc(CC(C)(C)C)cc4)C3)C2)cc1.CC(C)(C)Cc1ccc(CN2CCC(CC3CCN(Cc4ccc(CC(C)(C)C)cc4)CC3)CC2)cc1.CN(CCN(C)Cc1ccc(CC(C)(C)C)cc1)Cc1ccc(CC(C)(C)C)cc1. The topological polar surface area (TPSA) is 19.4 Å². The van der Waals surface area contributed by atoms with Crippen molar-refractivity contribution in [2.45, 2.75) is 254 Å². The molecule has 6 nitrogen and oxygen atoms in total. The molecule has 2 unspecified atom stereocenters. The third-order valence-electron chi connectivity index (χ3n) is 21.4. The first-order valence-corrected chi connectivity index (χ1v) is 40.6. The smallest absolute Gasteiger partial charge is 0.0233 e. The third kappa shape index (κ3) is 32.8. The van der Waals surface area contributed by atoms with Crippen LogP contribution in [-0.4, -0.2) is 109 Å². The van der Waals surface area contributed by atoms with E-state index in [2.05, 4.69) is 314 Å². The number of nitrogens with zero attached hydrogens (tertiary/aromatic N) is 6. The zero-order valence-electron chi connectivity index (χ0n) is 69.1. The second-order valence-corrected chi connectivity index (χ2v) is 40.5. The molecule has 102 heavy (non-hydrogen) atoms. The summed E-state index contributed by atoms with van der Waals surface area (Å²) in [7, 11) is 4.44. The van der Waals surface area contributed by atoms with Gasteiger partial charge in [-0.15, -0.1) is 0 Å². The number of hydrogen-bond donors (Lipinski definition) is 0. The zero-order chi connectivity index (χ0) is 73.9. The molecule has 0 saturated carbocycles. The Morgan fingerprint density at radius 2 is 0.422 bits per heavy atom. The highest BCUT2D eigenvalue weighted by Gasteiger charge is 2.31. The van der Waals surface area contributed by atoms with Crippen LogP contribution in [0.25, 0.3) is 0 Å². The molecule has 6 aromatic rings. The van der Waals surface area contributed by atoms with Gasteiger partial charge in [0, 0.05) is 65.4 Å². The highest BCUT2D eigenvalue weighted by Crippen LogP contribution is 2.34. The van der Waals surface area contributed by atoms with E-state index in [1.54, 1.807) is 0 Å². The van der Waals surface area contributed by atoms with Gasteiger partial charge in [-0.25, -0.2) is 0 Å². The van der Waals surface area contributed by atoms with Crippen molar-refractivity contribution in [3.8, 4) is 0 Å². The second kappa shape index (κ2) is 38.1. The molecule has 562 valence electrons. The van der Waals surface area contributed by atoms with Crippen molar-refractivity contribution >= 4 is 0 Å². The summed E-state index contributed by atoms with van der Waals surface area (Å²) in [6.45, 7) is 60.5. The zero-order valence-corrected chi connectivity index (χ0v) is 69.1. The Labute approximate surface area is 627 Å². The Hall–Kier alpha value is -4.92. The van der Waals surface area contributed by atoms with Gasteiger partial charge >= 0.3 is 0 Å². The van der Waals surface area contributed by atoms with E-state index >= 15 is 0 Å². The van der Waals surface area contributed by atoms with Gasteiger partial charge < -0.3 is 9.80 Å². The molecule has 4 saturated heterocycles. The third-order valence-corrected chi connectivity index (χ3v) is 21.4. The largest absolute Gasteiger partial charge is 0.301 e. The Morgan fingerprint density at radius 1 is 0.245 bits per heavy atom. The molecule has 0 aromatic heterocycles. The Bertz CT molecular complexity index is 3080. The maximum absolute atomic E-state index is 2.69. The van der Waals surface area contributed by atoms with Gasteiger partial charge in [-0.2, -0.15) is 0 Å². The molecule has 6 aromatic carbocycles. The molecule has 0 radical (unpaired) electrons. The first-order chi connectivity index (χ1) is 47.9. The number of piperidine rings is 2. The average Bonchev–Trinajstić information content (AvgIpc) is 1.22. The van der Waals surface area contributed by atoms with E-state index < -0.39 is 0 Å². The Kier molecular flexibility index (Phi) is 30.9. The van der Waals surface area contributed by atoms with Crippen LogP contribution in [0.3, 0.4) is 0 Å². The Morgan fingerprint density at radius 3 is 0.647 bits per heavy atom. The molecule has 4 aliphatic heterocycles. The van der Waals surface area contributed by atoms with Crippen LogP contribution in [0.2, 0.25) is 0 Å². The highest BCUT2D eigenvalue weighted by atomic mass is 15.2. The van der Waals surface area contributed by atoms with Crippen molar-refractivity contribution in [1.82, 2.24) is 29.4 Å². The van der Waals surface area contributed by atoms with Crippen LogP contribution in [0.4, 0.5) is 0 Å². The molecule has 0 aliphatic carbocycles. The van der Waals surface area contributed by atoms with E-state index in [1.807, 2.05) is 0 Å². The van der Waals surface area contributed by atoms with E-state index in [0.717, 1.165) is 115 Å². The summed E-state index contributed by atoms with van der Waals surface area (Å²) in [6.07, 6.45) is 18.1. The van der Waals surface area contributed by atoms with Crippen LogP contribution in [0.15, 0.2) is 146 Å². The van der Waals surface area contributed by atoms with Gasteiger partial charge in [-0.3, -0.25) is 19.6 Å². The van der Waals surface area contributed by atoms with Gasteiger partial charge in [0.25, 0.3) is 0 Å². The summed E-state index contributed by atoms with van der Waals surface area (Å²) < 4.78 is 0. The molecule has 2 atom stereocenters. The second-order valence-electron chi connectivity index (χ2n) is 40.5.